The van der Waals surface area contributed by atoms with Gasteiger partial charge in [-0.3, -0.25) is 4.79 Å². The fraction of sp³-hybridized carbons (Fsp3) is 0.583. The summed E-state index contributed by atoms with van der Waals surface area (Å²) in [5.74, 6) is 3.22. The maximum atomic E-state index is 11.9. The zero-order chi connectivity index (χ0) is 10.4. The third kappa shape index (κ3) is 1.89. The van der Waals surface area contributed by atoms with E-state index in [9.17, 15) is 4.79 Å². The van der Waals surface area contributed by atoms with E-state index in [4.69, 9.17) is 4.42 Å². The zero-order valence-electron chi connectivity index (χ0n) is 8.41. The Kier molecular flexibility index (Phi) is 2.23. The molecule has 0 amide bonds. The van der Waals surface area contributed by atoms with Crippen molar-refractivity contribution in [3.63, 3.8) is 0 Å². The second-order valence-corrected chi connectivity index (χ2v) is 5.55. The molecule has 0 saturated heterocycles. The molecule has 1 aromatic rings. The maximum absolute atomic E-state index is 11.9. The van der Waals surface area contributed by atoms with Crippen LogP contribution in [0.15, 0.2) is 21.2 Å². The van der Waals surface area contributed by atoms with E-state index in [1.807, 2.05) is 12.1 Å². The van der Waals surface area contributed by atoms with Gasteiger partial charge in [-0.05, 0) is 59.2 Å². The summed E-state index contributed by atoms with van der Waals surface area (Å²) in [5, 5.41) is 0. The summed E-state index contributed by atoms with van der Waals surface area (Å²) in [6.45, 7) is 0. The second kappa shape index (κ2) is 3.48. The number of Topliss-reactive ketones (excluding diaryl/α,β-unsaturated/α-hetero) is 1. The monoisotopic (exact) mass is 268 g/mol. The lowest BCUT2D eigenvalue weighted by Crippen LogP contribution is -2.14. The molecule has 0 radical (unpaired) electrons. The third-order valence-electron chi connectivity index (χ3n) is 3.68. The van der Waals surface area contributed by atoms with Crippen molar-refractivity contribution < 1.29 is 9.21 Å². The number of hydrogen-bond acceptors (Lipinski definition) is 2. The van der Waals surface area contributed by atoms with Crippen LogP contribution < -0.4 is 0 Å². The largest absolute Gasteiger partial charge is 0.454 e. The predicted molar refractivity (Wildman–Crippen MR) is 59.4 cm³/mol. The van der Waals surface area contributed by atoms with Gasteiger partial charge in [-0.15, -0.1) is 0 Å². The topological polar surface area (TPSA) is 30.2 Å². The molecule has 2 aliphatic carbocycles. The van der Waals surface area contributed by atoms with Crippen LogP contribution in [0.2, 0.25) is 0 Å². The maximum Gasteiger partial charge on any atom is 0.169 e. The second-order valence-electron chi connectivity index (χ2n) is 4.77. The molecule has 2 nitrogen and oxygen atoms in total. The highest BCUT2D eigenvalue weighted by Gasteiger charge is 2.47. The number of carbonyl (C=O) groups excluding carboxylic acids is 1. The van der Waals surface area contributed by atoms with E-state index in [0.29, 0.717) is 22.8 Å². The van der Waals surface area contributed by atoms with Crippen LogP contribution in [-0.4, -0.2) is 5.78 Å². The predicted octanol–water partition coefficient (Wildman–Crippen LogP) is 3.20. The fourth-order valence-electron chi connectivity index (χ4n) is 2.74. The van der Waals surface area contributed by atoms with Crippen molar-refractivity contribution in [2.24, 2.45) is 17.8 Å². The molecule has 2 unspecified atom stereocenters. The van der Waals surface area contributed by atoms with Gasteiger partial charge in [-0.2, -0.15) is 0 Å². The molecule has 80 valence electrons. The van der Waals surface area contributed by atoms with Gasteiger partial charge in [0.15, 0.2) is 4.67 Å². The Hall–Kier alpha value is -0.570. The molecule has 0 bridgehead atoms. The van der Waals surface area contributed by atoms with Crippen molar-refractivity contribution in [3.05, 3.63) is 22.6 Å². The van der Waals surface area contributed by atoms with Crippen molar-refractivity contribution in [3.8, 4) is 0 Å². The molecule has 3 heteroatoms. The smallest absolute Gasteiger partial charge is 0.169 e. The molecule has 1 heterocycles. The minimum Gasteiger partial charge on any atom is -0.454 e. The molecule has 2 aliphatic rings. The summed E-state index contributed by atoms with van der Waals surface area (Å²) in [6.07, 6.45) is 4.10. The normalized spacial score (nSPS) is 32.7. The van der Waals surface area contributed by atoms with Crippen molar-refractivity contribution in [1.29, 1.82) is 0 Å². The van der Waals surface area contributed by atoms with Crippen LogP contribution in [0.1, 0.15) is 25.0 Å². The van der Waals surface area contributed by atoms with Crippen LogP contribution in [0.3, 0.4) is 0 Å². The molecule has 15 heavy (non-hydrogen) atoms. The van der Waals surface area contributed by atoms with E-state index in [2.05, 4.69) is 15.9 Å². The van der Waals surface area contributed by atoms with E-state index in [1.165, 1.54) is 6.42 Å². The Morgan fingerprint density at radius 3 is 2.67 bits per heavy atom. The highest BCUT2D eigenvalue weighted by molar-refractivity contribution is 9.10. The molecule has 0 N–H and O–H groups in total. The van der Waals surface area contributed by atoms with Gasteiger partial charge in [0.05, 0.1) is 6.42 Å². The fourth-order valence-corrected chi connectivity index (χ4v) is 3.08. The van der Waals surface area contributed by atoms with E-state index in [-0.39, 0.29) is 0 Å². The highest BCUT2D eigenvalue weighted by Crippen LogP contribution is 2.54. The quantitative estimate of drug-likeness (QED) is 0.843. The molecule has 0 aromatic carbocycles. The van der Waals surface area contributed by atoms with E-state index in [0.717, 1.165) is 30.4 Å². The lowest BCUT2D eigenvalue weighted by Gasteiger charge is -2.08. The molecule has 0 spiro atoms. The Labute approximate surface area is 97.2 Å². The Bertz CT molecular complexity index is 386. The number of carbonyl (C=O) groups is 1. The molecule has 2 atom stereocenters. The summed E-state index contributed by atoms with van der Waals surface area (Å²) in [4.78, 5) is 11.9. The first-order chi connectivity index (χ1) is 7.22. The van der Waals surface area contributed by atoms with Gasteiger partial charge >= 0.3 is 0 Å². The average molecular weight is 269 g/mol. The third-order valence-corrected chi connectivity index (χ3v) is 4.10. The summed E-state index contributed by atoms with van der Waals surface area (Å²) >= 11 is 3.24. The summed E-state index contributed by atoms with van der Waals surface area (Å²) in [7, 11) is 0. The van der Waals surface area contributed by atoms with Crippen LogP contribution in [-0.2, 0) is 11.2 Å². The van der Waals surface area contributed by atoms with Gasteiger partial charge in [0, 0.05) is 5.92 Å². The first kappa shape index (κ1) is 9.64. The van der Waals surface area contributed by atoms with Crippen LogP contribution in [0.25, 0.3) is 0 Å². The Morgan fingerprint density at radius 1 is 1.33 bits per heavy atom. The summed E-state index contributed by atoms with van der Waals surface area (Å²) in [6, 6.07) is 3.71. The van der Waals surface area contributed by atoms with Crippen molar-refractivity contribution in [1.82, 2.24) is 0 Å². The molecule has 3 rings (SSSR count). The first-order valence-electron chi connectivity index (χ1n) is 5.49. The molecular formula is C12H13BrO2. The lowest BCUT2D eigenvalue weighted by atomic mass is 9.96. The molecule has 0 aliphatic heterocycles. The minimum absolute atomic E-state index is 0.317. The van der Waals surface area contributed by atoms with E-state index >= 15 is 0 Å². The number of furan rings is 1. The highest BCUT2D eigenvalue weighted by atomic mass is 79.9. The van der Waals surface area contributed by atoms with E-state index < -0.39 is 0 Å². The van der Waals surface area contributed by atoms with Crippen LogP contribution in [0, 0.1) is 17.8 Å². The van der Waals surface area contributed by atoms with Crippen LogP contribution in [0.4, 0.5) is 0 Å². The van der Waals surface area contributed by atoms with Gasteiger partial charge in [0.25, 0.3) is 0 Å². The van der Waals surface area contributed by atoms with Crippen LogP contribution in [0.5, 0.6) is 0 Å². The minimum atomic E-state index is 0.317. The average Bonchev–Trinajstić information content (AvgIpc) is 2.61. The van der Waals surface area contributed by atoms with Gasteiger partial charge < -0.3 is 4.42 Å². The van der Waals surface area contributed by atoms with Gasteiger partial charge in [-0.25, -0.2) is 0 Å². The number of halogens is 1. The standard InChI is InChI=1S/C12H13BrO2/c13-12-2-1-10(15-12)6-11(14)9-4-7-3-8(7)5-9/h1-2,7-9H,3-6H2. The van der Waals surface area contributed by atoms with Gasteiger partial charge in [-0.1, -0.05) is 0 Å². The summed E-state index contributed by atoms with van der Waals surface area (Å²) < 4.78 is 6.06. The molecule has 1 aromatic heterocycles. The van der Waals surface area contributed by atoms with Crippen molar-refractivity contribution >= 4 is 21.7 Å². The van der Waals surface area contributed by atoms with E-state index in [1.54, 1.807) is 0 Å². The lowest BCUT2D eigenvalue weighted by molar-refractivity contribution is -0.122. The Morgan fingerprint density at radius 2 is 2.07 bits per heavy atom. The zero-order valence-corrected chi connectivity index (χ0v) is 10.00. The van der Waals surface area contributed by atoms with Crippen molar-refractivity contribution in [2.75, 3.05) is 0 Å². The number of hydrogen-bond donors (Lipinski definition) is 0. The number of fused-ring (bicyclic) bond motifs is 1. The Balaban J connectivity index is 1.61. The molecular weight excluding hydrogens is 256 g/mol. The number of rotatable bonds is 3. The molecule has 2 fully saturated rings. The SMILES string of the molecule is O=C(Cc1ccc(Br)o1)C1CC2CC2C1. The van der Waals surface area contributed by atoms with Crippen molar-refractivity contribution in [2.45, 2.75) is 25.7 Å². The van der Waals surface area contributed by atoms with Gasteiger partial charge in [0.2, 0.25) is 0 Å². The first-order valence-corrected chi connectivity index (χ1v) is 6.28. The van der Waals surface area contributed by atoms with Crippen LogP contribution >= 0.6 is 15.9 Å². The van der Waals surface area contributed by atoms with Gasteiger partial charge in [0.1, 0.15) is 11.5 Å². The summed E-state index contributed by atoms with van der Waals surface area (Å²) in [5.41, 5.74) is 0. The number of ketones is 1. The molecule has 2 saturated carbocycles.